The molecule has 0 spiro atoms. The molecule has 0 saturated carbocycles. The van der Waals surface area contributed by atoms with E-state index in [2.05, 4.69) is 4.98 Å². The maximum atomic E-state index is 12.8. The van der Waals surface area contributed by atoms with Gasteiger partial charge in [0.15, 0.2) is 5.69 Å². The zero-order chi connectivity index (χ0) is 14.4. The van der Waals surface area contributed by atoms with Gasteiger partial charge in [0.25, 0.3) is 0 Å². The number of aromatic carboxylic acids is 1. The van der Waals surface area contributed by atoms with E-state index in [-0.39, 0.29) is 31.2 Å². The first kappa shape index (κ1) is 13.4. The van der Waals surface area contributed by atoms with Crippen LogP contribution in [0.1, 0.15) is 28.9 Å². The Morgan fingerprint density at radius 3 is 2.42 bits per heavy atom. The second-order valence-corrected chi connectivity index (χ2v) is 4.13. The Morgan fingerprint density at radius 2 is 1.95 bits per heavy atom. The quantitative estimate of drug-likeness (QED) is 0.829. The van der Waals surface area contributed by atoms with Gasteiger partial charge in [0, 0.05) is 20.0 Å². The van der Waals surface area contributed by atoms with Crippen molar-refractivity contribution in [2.24, 2.45) is 0 Å². The van der Waals surface area contributed by atoms with E-state index in [1.807, 2.05) is 0 Å². The molecule has 1 N–H and O–H groups in total. The van der Waals surface area contributed by atoms with Gasteiger partial charge in [-0.25, -0.2) is 9.78 Å². The van der Waals surface area contributed by atoms with Gasteiger partial charge in [0.1, 0.15) is 0 Å². The molecule has 19 heavy (non-hydrogen) atoms. The van der Waals surface area contributed by atoms with Gasteiger partial charge >= 0.3 is 12.1 Å². The molecule has 1 aliphatic heterocycles. The summed E-state index contributed by atoms with van der Waals surface area (Å²) in [5.41, 5.74) is -0.750. The maximum absolute atomic E-state index is 12.8. The average molecular weight is 277 g/mol. The van der Waals surface area contributed by atoms with Gasteiger partial charge in [-0.15, -0.1) is 0 Å². The lowest BCUT2D eigenvalue weighted by Crippen LogP contribution is -2.38. The molecular formula is C10H10F3N3O3. The molecule has 1 aromatic heterocycles. The summed E-state index contributed by atoms with van der Waals surface area (Å²) in [5.74, 6) is -3.09. The van der Waals surface area contributed by atoms with Gasteiger partial charge in [-0.05, 0) is 0 Å². The summed E-state index contributed by atoms with van der Waals surface area (Å²) in [6, 6.07) is 0. The summed E-state index contributed by atoms with van der Waals surface area (Å²) in [5, 5.41) is 8.90. The first-order valence-corrected chi connectivity index (χ1v) is 5.37. The number of aromatic nitrogens is 2. The molecule has 1 amide bonds. The average Bonchev–Trinajstić information content (AvgIpc) is 2.66. The number of nitrogens with zero attached hydrogens (tertiary/aromatic N) is 3. The van der Waals surface area contributed by atoms with Gasteiger partial charge in [-0.1, -0.05) is 0 Å². The minimum atomic E-state index is -4.72. The maximum Gasteiger partial charge on any atom is 0.449 e. The van der Waals surface area contributed by atoms with E-state index in [0.717, 1.165) is 4.57 Å². The van der Waals surface area contributed by atoms with Crippen LogP contribution < -0.4 is 0 Å². The molecule has 0 unspecified atom stereocenters. The predicted molar refractivity (Wildman–Crippen MR) is 55.3 cm³/mol. The summed E-state index contributed by atoms with van der Waals surface area (Å²) >= 11 is 0. The molecule has 0 aromatic carbocycles. The zero-order valence-corrected chi connectivity index (χ0v) is 9.86. The van der Waals surface area contributed by atoms with Gasteiger partial charge in [0.05, 0.1) is 12.2 Å². The van der Waals surface area contributed by atoms with Crippen molar-refractivity contribution < 1.29 is 27.9 Å². The number of halogens is 3. The van der Waals surface area contributed by atoms with Crippen LogP contribution in [0.5, 0.6) is 0 Å². The number of imidazole rings is 1. The van der Waals surface area contributed by atoms with E-state index in [0.29, 0.717) is 0 Å². The largest absolute Gasteiger partial charge is 0.476 e. The fraction of sp³-hybridized carbons (Fsp3) is 0.500. The van der Waals surface area contributed by atoms with Crippen LogP contribution in [-0.2, 0) is 24.1 Å². The summed E-state index contributed by atoms with van der Waals surface area (Å²) in [6.45, 7) is 1.07. The predicted octanol–water partition coefficient (Wildman–Crippen LogP) is 0.962. The highest BCUT2D eigenvalue weighted by Crippen LogP contribution is 2.32. The van der Waals surface area contributed by atoms with Gasteiger partial charge < -0.3 is 14.6 Å². The van der Waals surface area contributed by atoms with E-state index in [1.165, 1.54) is 11.8 Å². The lowest BCUT2D eigenvalue weighted by Gasteiger charge is -2.28. The van der Waals surface area contributed by atoms with E-state index in [1.54, 1.807) is 0 Å². The third kappa shape index (κ3) is 2.27. The minimum Gasteiger partial charge on any atom is -0.476 e. The normalized spacial score (nSPS) is 15.3. The van der Waals surface area contributed by atoms with Crippen LogP contribution in [0.2, 0.25) is 0 Å². The Bertz CT molecular complexity index is 550. The van der Waals surface area contributed by atoms with Crippen molar-refractivity contribution in [1.29, 1.82) is 0 Å². The molecule has 0 saturated heterocycles. The zero-order valence-electron chi connectivity index (χ0n) is 9.86. The molecular weight excluding hydrogens is 267 g/mol. The van der Waals surface area contributed by atoms with Crippen LogP contribution in [0.15, 0.2) is 0 Å². The second-order valence-electron chi connectivity index (χ2n) is 4.13. The standard InChI is InChI=1S/C10H10F3N3O3/c1-5(17)15-2-3-16-6(4-15)7(8(18)19)14-9(16)10(11,12)13/h2-4H2,1H3,(H,18,19). The van der Waals surface area contributed by atoms with Crippen molar-refractivity contribution in [3.8, 4) is 0 Å². The fourth-order valence-corrected chi connectivity index (χ4v) is 2.02. The Hall–Kier alpha value is -2.06. The third-order valence-electron chi connectivity index (χ3n) is 2.91. The van der Waals surface area contributed by atoms with Gasteiger partial charge in [-0.3, -0.25) is 4.79 Å². The van der Waals surface area contributed by atoms with E-state index >= 15 is 0 Å². The first-order valence-electron chi connectivity index (χ1n) is 5.37. The lowest BCUT2D eigenvalue weighted by molar-refractivity contribution is -0.148. The summed E-state index contributed by atoms with van der Waals surface area (Å²) < 4.78 is 39.1. The molecule has 0 atom stereocenters. The van der Waals surface area contributed by atoms with Crippen molar-refractivity contribution in [3.05, 3.63) is 17.2 Å². The smallest absolute Gasteiger partial charge is 0.449 e. The summed E-state index contributed by atoms with van der Waals surface area (Å²) in [4.78, 5) is 26.6. The molecule has 0 radical (unpaired) electrons. The molecule has 2 rings (SSSR count). The number of alkyl halides is 3. The van der Waals surface area contributed by atoms with Gasteiger partial charge in [-0.2, -0.15) is 13.2 Å². The minimum absolute atomic E-state index is 0.0960. The van der Waals surface area contributed by atoms with E-state index < -0.39 is 23.7 Å². The van der Waals surface area contributed by atoms with Gasteiger partial charge in [0.2, 0.25) is 11.7 Å². The number of hydrogen-bond donors (Lipinski definition) is 1. The van der Waals surface area contributed by atoms with Crippen LogP contribution >= 0.6 is 0 Å². The topological polar surface area (TPSA) is 75.4 Å². The molecule has 6 nitrogen and oxygen atoms in total. The molecule has 1 aromatic rings. The SMILES string of the molecule is CC(=O)N1CCn2c(C(F)(F)F)nc(C(=O)O)c2C1. The molecule has 0 fully saturated rings. The Kier molecular flexibility index (Phi) is 2.99. The molecule has 0 aliphatic carbocycles. The molecule has 2 heterocycles. The van der Waals surface area contributed by atoms with Crippen molar-refractivity contribution in [2.75, 3.05) is 6.54 Å². The van der Waals surface area contributed by atoms with Crippen LogP contribution in [-0.4, -0.2) is 38.0 Å². The van der Waals surface area contributed by atoms with Crippen molar-refractivity contribution in [2.45, 2.75) is 26.2 Å². The fourth-order valence-electron chi connectivity index (χ4n) is 2.02. The highest BCUT2D eigenvalue weighted by atomic mass is 19.4. The highest BCUT2D eigenvalue weighted by molar-refractivity contribution is 5.87. The molecule has 1 aliphatic rings. The Labute approximate surface area is 105 Å². The number of fused-ring (bicyclic) bond motifs is 1. The number of rotatable bonds is 1. The van der Waals surface area contributed by atoms with Crippen molar-refractivity contribution in [1.82, 2.24) is 14.5 Å². The summed E-state index contributed by atoms with van der Waals surface area (Å²) in [6.07, 6.45) is -4.72. The molecule has 0 bridgehead atoms. The number of hydrogen-bond acceptors (Lipinski definition) is 3. The second kappa shape index (κ2) is 4.25. The third-order valence-corrected chi connectivity index (χ3v) is 2.91. The number of carboxylic acids is 1. The van der Waals surface area contributed by atoms with E-state index in [9.17, 15) is 22.8 Å². The molecule has 9 heteroatoms. The van der Waals surface area contributed by atoms with Crippen LogP contribution in [0.4, 0.5) is 13.2 Å². The van der Waals surface area contributed by atoms with Crippen LogP contribution in [0.25, 0.3) is 0 Å². The van der Waals surface area contributed by atoms with Crippen LogP contribution in [0, 0.1) is 0 Å². The van der Waals surface area contributed by atoms with E-state index in [4.69, 9.17) is 5.11 Å². The van der Waals surface area contributed by atoms with Crippen molar-refractivity contribution >= 4 is 11.9 Å². The lowest BCUT2D eigenvalue weighted by atomic mass is 10.2. The number of amides is 1. The molecule has 104 valence electrons. The van der Waals surface area contributed by atoms with Crippen molar-refractivity contribution in [3.63, 3.8) is 0 Å². The monoisotopic (exact) mass is 277 g/mol. The first-order chi connectivity index (χ1) is 8.71. The number of carbonyl (C=O) groups excluding carboxylic acids is 1. The number of carboxylic acid groups (broad SMARTS) is 1. The number of carbonyl (C=O) groups is 2. The van der Waals surface area contributed by atoms with Crippen LogP contribution in [0.3, 0.4) is 0 Å². The highest BCUT2D eigenvalue weighted by Gasteiger charge is 2.41. The Morgan fingerprint density at radius 1 is 1.32 bits per heavy atom. The Balaban J connectivity index is 2.53. The summed E-state index contributed by atoms with van der Waals surface area (Å²) in [7, 11) is 0.